The maximum Gasteiger partial charge on any atom is 0.389 e. The lowest BCUT2D eigenvalue weighted by Gasteiger charge is -2.31. The number of hydrogen-bond donors (Lipinski definition) is 0. The van der Waals surface area contributed by atoms with E-state index in [4.69, 9.17) is 4.74 Å². The number of halogens is 5. The van der Waals surface area contributed by atoms with Gasteiger partial charge in [0.1, 0.15) is 5.60 Å². The number of alkyl halides is 3. The van der Waals surface area contributed by atoms with Gasteiger partial charge in [-0.2, -0.15) is 13.2 Å². The Morgan fingerprint density at radius 3 is 2.09 bits per heavy atom. The SMILES string of the molecule is C=C(C)C(=O)OC(C)(CCC(F)(F)F)c1cc(I)cc(I)c1. The quantitative estimate of drug-likeness (QED) is 0.279. The minimum Gasteiger partial charge on any atom is -0.451 e. The number of carbonyl (C=O) groups excluding carboxylic acids is 1. The molecule has 0 spiro atoms. The van der Waals surface area contributed by atoms with Crippen molar-refractivity contribution >= 4 is 51.2 Å². The standard InChI is InChI=1S/C15H15F3I2O2/c1-9(2)13(21)22-14(3,4-5-15(16,17)18)10-6-11(19)8-12(20)7-10/h6-8H,1,4-5H2,2-3H3. The van der Waals surface area contributed by atoms with Gasteiger partial charge in [0.2, 0.25) is 0 Å². The van der Waals surface area contributed by atoms with Crippen LogP contribution in [0.15, 0.2) is 30.4 Å². The predicted molar refractivity (Wildman–Crippen MR) is 95.4 cm³/mol. The van der Waals surface area contributed by atoms with Crippen molar-refractivity contribution < 1.29 is 22.7 Å². The Balaban J connectivity index is 3.19. The highest BCUT2D eigenvalue weighted by atomic mass is 127. The van der Waals surface area contributed by atoms with E-state index < -0.39 is 24.2 Å². The average molecular weight is 538 g/mol. The summed E-state index contributed by atoms with van der Waals surface area (Å²) in [5.41, 5.74) is -0.659. The van der Waals surface area contributed by atoms with Crippen molar-refractivity contribution in [1.29, 1.82) is 0 Å². The molecule has 0 N–H and O–H groups in total. The van der Waals surface area contributed by atoms with Crippen molar-refractivity contribution in [3.8, 4) is 0 Å². The van der Waals surface area contributed by atoms with E-state index in [9.17, 15) is 18.0 Å². The van der Waals surface area contributed by atoms with Crippen LogP contribution in [0.3, 0.4) is 0 Å². The number of ether oxygens (including phenoxy) is 1. The van der Waals surface area contributed by atoms with Crippen molar-refractivity contribution in [2.75, 3.05) is 0 Å². The monoisotopic (exact) mass is 538 g/mol. The van der Waals surface area contributed by atoms with Crippen LogP contribution >= 0.6 is 45.2 Å². The molecule has 1 unspecified atom stereocenters. The molecule has 1 atom stereocenters. The molecule has 0 aliphatic carbocycles. The Morgan fingerprint density at radius 2 is 1.68 bits per heavy atom. The Bertz CT molecular complexity index is 564. The second-order valence-electron chi connectivity index (χ2n) is 5.17. The molecule has 1 rings (SSSR count). The van der Waals surface area contributed by atoms with Gasteiger partial charge in [0, 0.05) is 19.1 Å². The predicted octanol–water partition coefficient (Wildman–Crippen LogP) is 5.57. The lowest BCUT2D eigenvalue weighted by atomic mass is 9.90. The molecule has 0 heterocycles. The normalized spacial score (nSPS) is 14.3. The summed E-state index contributed by atoms with van der Waals surface area (Å²) in [6.07, 6.45) is -5.69. The van der Waals surface area contributed by atoms with E-state index in [1.54, 1.807) is 12.1 Å². The van der Waals surface area contributed by atoms with Crippen molar-refractivity contribution in [2.45, 2.75) is 38.5 Å². The van der Waals surface area contributed by atoms with Gasteiger partial charge in [-0.25, -0.2) is 4.79 Å². The van der Waals surface area contributed by atoms with Gasteiger partial charge in [0.25, 0.3) is 0 Å². The average Bonchev–Trinajstić information content (AvgIpc) is 2.34. The zero-order valence-electron chi connectivity index (χ0n) is 12.1. The van der Waals surface area contributed by atoms with Gasteiger partial charge in [-0.3, -0.25) is 0 Å². The van der Waals surface area contributed by atoms with Crippen LogP contribution in [0.2, 0.25) is 0 Å². The summed E-state index contributed by atoms with van der Waals surface area (Å²) >= 11 is 4.16. The molecule has 0 fully saturated rings. The highest BCUT2D eigenvalue weighted by Gasteiger charge is 2.37. The fourth-order valence-corrected chi connectivity index (χ4v) is 3.72. The van der Waals surface area contributed by atoms with Gasteiger partial charge >= 0.3 is 12.1 Å². The largest absolute Gasteiger partial charge is 0.451 e. The Hall–Kier alpha value is -0.320. The molecule has 7 heteroatoms. The van der Waals surface area contributed by atoms with Gasteiger partial charge in [0.05, 0.1) is 0 Å². The molecule has 0 radical (unpaired) electrons. The molecule has 1 aromatic carbocycles. The fourth-order valence-electron chi connectivity index (χ4n) is 1.79. The van der Waals surface area contributed by atoms with E-state index in [-0.39, 0.29) is 12.0 Å². The van der Waals surface area contributed by atoms with E-state index in [2.05, 4.69) is 51.8 Å². The van der Waals surface area contributed by atoms with E-state index in [1.807, 2.05) is 6.07 Å². The summed E-state index contributed by atoms with van der Waals surface area (Å²) in [5.74, 6) is -0.696. The number of carbonyl (C=O) groups is 1. The molecular formula is C15H15F3I2O2. The number of rotatable bonds is 5. The van der Waals surface area contributed by atoms with E-state index in [0.717, 1.165) is 7.14 Å². The minimum atomic E-state index is -4.31. The molecule has 122 valence electrons. The molecule has 0 aliphatic rings. The zero-order valence-corrected chi connectivity index (χ0v) is 16.4. The number of hydrogen-bond acceptors (Lipinski definition) is 2. The zero-order chi connectivity index (χ0) is 17.1. The molecule has 0 saturated carbocycles. The molecule has 22 heavy (non-hydrogen) atoms. The third kappa shape index (κ3) is 6.05. The molecule has 0 aliphatic heterocycles. The smallest absolute Gasteiger partial charge is 0.389 e. The van der Waals surface area contributed by atoms with Crippen molar-refractivity contribution in [3.05, 3.63) is 43.1 Å². The molecule has 1 aromatic rings. The van der Waals surface area contributed by atoms with Crippen LogP contribution in [0.25, 0.3) is 0 Å². The van der Waals surface area contributed by atoms with Crippen LogP contribution in [0.1, 0.15) is 32.3 Å². The summed E-state index contributed by atoms with van der Waals surface area (Å²) in [7, 11) is 0. The molecular weight excluding hydrogens is 523 g/mol. The highest BCUT2D eigenvalue weighted by Crippen LogP contribution is 2.36. The molecule has 0 saturated heterocycles. The molecule has 2 nitrogen and oxygen atoms in total. The van der Waals surface area contributed by atoms with Crippen molar-refractivity contribution in [3.63, 3.8) is 0 Å². The molecule has 0 amide bonds. The maximum absolute atomic E-state index is 12.6. The second-order valence-corrected chi connectivity index (χ2v) is 7.67. The van der Waals surface area contributed by atoms with Crippen LogP contribution in [0.4, 0.5) is 13.2 Å². The Morgan fingerprint density at radius 1 is 1.18 bits per heavy atom. The van der Waals surface area contributed by atoms with Gasteiger partial charge in [-0.15, -0.1) is 0 Å². The highest BCUT2D eigenvalue weighted by molar-refractivity contribution is 14.1. The lowest BCUT2D eigenvalue weighted by molar-refractivity contribution is -0.167. The van der Waals surface area contributed by atoms with Crippen LogP contribution in [0.5, 0.6) is 0 Å². The van der Waals surface area contributed by atoms with Gasteiger partial charge in [-0.05, 0) is 89.2 Å². The molecule has 0 aromatic heterocycles. The topological polar surface area (TPSA) is 26.3 Å². The van der Waals surface area contributed by atoms with Crippen LogP contribution < -0.4 is 0 Å². The summed E-state index contributed by atoms with van der Waals surface area (Å²) in [4.78, 5) is 11.8. The Kier molecular flexibility index (Phi) is 6.72. The van der Waals surface area contributed by atoms with Crippen LogP contribution in [-0.2, 0) is 15.1 Å². The Labute approximate surface area is 154 Å². The lowest BCUT2D eigenvalue weighted by Crippen LogP contribution is -2.31. The number of esters is 1. The summed E-state index contributed by atoms with van der Waals surface area (Å²) in [5, 5.41) is 0. The van der Waals surface area contributed by atoms with Crippen LogP contribution in [-0.4, -0.2) is 12.1 Å². The third-order valence-electron chi connectivity index (χ3n) is 3.03. The first kappa shape index (κ1) is 19.7. The molecule has 0 bridgehead atoms. The van der Waals surface area contributed by atoms with Gasteiger partial charge in [-0.1, -0.05) is 6.58 Å². The second kappa shape index (κ2) is 7.50. The van der Waals surface area contributed by atoms with E-state index in [1.165, 1.54) is 13.8 Å². The summed E-state index contributed by atoms with van der Waals surface area (Å²) in [6.45, 7) is 6.44. The summed E-state index contributed by atoms with van der Waals surface area (Å²) in [6, 6.07) is 5.34. The van der Waals surface area contributed by atoms with Crippen LogP contribution in [0, 0.1) is 7.14 Å². The van der Waals surface area contributed by atoms with Crippen molar-refractivity contribution in [1.82, 2.24) is 0 Å². The van der Waals surface area contributed by atoms with Gasteiger partial charge in [0.15, 0.2) is 0 Å². The minimum absolute atomic E-state index is 0.151. The first-order valence-corrected chi connectivity index (χ1v) is 8.51. The first-order chi connectivity index (χ1) is 9.93. The fraction of sp³-hybridized carbons (Fsp3) is 0.400. The van der Waals surface area contributed by atoms with E-state index in [0.29, 0.717) is 5.56 Å². The van der Waals surface area contributed by atoms with Gasteiger partial charge < -0.3 is 4.74 Å². The summed E-state index contributed by atoms with van der Waals surface area (Å²) < 4.78 is 44.9. The maximum atomic E-state index is 12.6. The first-order valence-electron chi connectivity index (χ1n) is 6.35. The number of benzene rings is 1. The van der Waals surface area contributed by atoms with Crippen molar-refractivity contribution in [2.24, 2.45) is 0 Å². The van der Waals surface area contributed by atoms with E-state index >= 15 is 0 Å². The third-order valence-corrected chi connectivity index (χ3v) is 4.27.